The van der Waals surface area contributed by atoms with Crippen LogP contribution in [0.5, 0.6) is 5.75 Å². The fraction of sp³-hybridized carbons (Fsp3) is 0.615. The maximum atomic E-state index is 5.63. The number of ether oxygens (including phenoxy) is 1. The van der Waals surface area contributed by atoms with Gasteiger partial charge in [-0.3, -0.25) is 0 Å². The molecule has 1 aromatic rings. The van der Waals surface area contributed by atoms with Gasteiger partial charge in [-0.2, -0.15) is 0 Å². The first kappa shape index (κ1) is 13.8. The second kappa shape index (κ2) is 7.90. The third kappa shape index (κ3) is 5.54. The SMILES string of the molecule is CCCOc1cccnc1NCCCN(C)C. The molecule has 0 bridgehead atoms. The quantitative estimate of drug-likeness (QED) is 0.704. The summed E-state index contributed by atoms with van der Waals surface area (Å²) in [4.78, 5) is 6.47. The van der Waals surface area contributed by atoms with Gasteiger partial charge in [0.2, 0.25) is 0 Å². The van der Waals surface area contributed by atoms with E-state index in [1.807, 2.05) is 12.1 Å². The molecule has 0 unspecified atom stereocenters. The predicted octanol–water partition coefficient (Wildman–Crippen LogP) is 2.23. The van der Waals surface area contributed by atoms with Crippen LogP contribution < -0.4 is 10.1 Å². The Labute approximate surface area is 104 Å². The largest absolute Gasteiger partial charge is 0.490 e. The number of hydrogen-bond donors (Lipinski definition) is 1. The van der Waals surface area contributed by atoms with Crippen LogP contribution in [0.2, 0.25) is 0 Å². The van der Waals surface area contributed by atoms with Crippen LogP contribution in [0.15, 0.2) is 18.3 Å². The van der Waals surface area contributed by atoms with Crippen molar-refractivity contribution in [1.82, 2.24) is 9.88 Å². The highest BCUT2D eigenvalue weighted by atomic mass is 16.5. The summed E-state index contributed by atoms with van der Waals surface area (Å²) in [6.45, 7) is 4.82. The van der Waals surface area contributed by atoms with Crippen LogP contribution in [0.1, 0.15) is 19.8 Å². The summed E-state index contributed by atoms with van der Waals surface area (Å²) in [5.74, 6) is 1.69. The summed E-state index contributed by atoms with van der Waals surface area (Å²) in [5, 5.41) is 3.31. The standard InChI is InChI=1S/C13H23N3O/c1-4-11-17-12-7-5-8-14-13(12)15-9-6-10-16(2)3/h5,7-8H,4,6,9-11H2,1-3H3,(H,14,15). The van der Waals surface area contributed by atoms with Gasteiger partial charge in [-0.15, -0.1) is 0 Å². The molecule has 0 aromatic carbocycles. The summed E-state index contributed by atoms with van der Waals surface area (Å²) in [5.41, 5.74) is 0. The number of rotatable bonds is 8. The predicted molar refractivity (Wildman–Crippen MR) is 71.7 cm³/mol. The average molecular weight is 237 g/mol. The smallest absolute Gasteiger partial charge is 0.168 e. The van der Waals surface area contributed by atoms with E-state index in [9.17, 15) is 0 Å². The molecule has 0 aliphatic carbocycles. The van der Waals surface area contributed by atoms with Gasteiger partial charge in [0.05, 0.1) is 6.61 Å². The van der Waals surface area contributed by atoms with Crippen LogP contribution in [-0.4, -0.2) is 43.7 Å². The van der Waals surface area contributed by atoms with Gasteiger partial charge in [0, 0.05) is 12.7 Å². The molecule has 0 atom stereocenters. The lowest BCUT2D eigenvalue weighted by Gasteiger charge is -2.13. The minimum absolute atomic E-state index is 0.734. The molecule has 17 heavy (non-hydrogen) atoms. The summed E-state index contributed by atoms with van der Waals surface area (Å²) in [6, 6.07) is 3.85. The maximum Gasteiger partial charge on any atom is 0.168 e. The van der Waals surface area contributed by atoms with Gasteiger partial charge in [0.1, 0.15) is 0 Å². The molecule has 0 aliphatic heterocycles. The Kier molecular flexibility index (Phi) is 6.40. The molecule has 1 aromatic heterocycles. The number of nitrogens with one attached hydrogen (secondary N) is 1. The molecule has 0 saturated heterocycles. The lowest BCUT2D eigenvalue weighted by molar-refractivity contribution is 0.317. The molecule has 1 rings (SSSR count). The number of anilines is 1. The third-order valence-corrected chi connectivity index (χ3v) is 2.31. The first-order valence-corrected chi connectivity index (χ1v) is 6.20. The fourth-order valence-electron chi connectivity index (χ4n) is 1.45. The zero-order valence-electron chi connectivity index (χ0n) is 11.1. The highest BCUT2D eigenvalue weighted by Crippen LogP contribution is 2.20. The Morgan fingerprint density at radius 1 is 1.41 bits per heavy atom. The van der Waals surface area contributed by atoms with E-state index in [0.29, 0.717) is 0 Å². The monoisotopic (exact) mass is 237 g/mol. The van der Waals surface area contributed by atoms with Crippen molar-refractivity contribution in [2.24, 2.45) is 0 Å². The van der Waals surface area contributed by atoms with Crippen molar-refractivity contribution < 1.29 is 4.74 Å². The number of nitrogens with zero attached hydrogens (tertiary/aromatic N) is 2. The molecule has 0 fully saturated rings. The Bertz CT molecular complexity index is 315. The molecule has 1 heterocycles. The highest BCUT2D eigenvalue weighted by molar-refractivity contribution is 5.49. The van der Waals surface area contributed by atoms with Crippen LogP contribution >= 0.6 is 0 Å². The topological polar surface area (TPSA) is 37.4 Å². The molecule has 0 saturated carbocycles. The van der Waals surface area contributed by atoms with Gasteiger partial charge in [-0.05, 0) is 45.6 Å². The van der Waals surface area contributed by atoms with Gasteiger partial charge < -0.3 is 15.0 Å². The summed E-state index contributed by atoms with van der Waals surface area (Å²) in [7, 11) is 4.16. The molecular weight excluding hydrogens is 214 g/mol. The Morgan fingerprint density at radius 2 is 2.24 bits per heavy atom. The van der Waals surface area contributed by atoms with Crippen LogP contribution in [0.25, 0.3) is 0 Å². The Balaban J connectivity index is 2.40. The normalized spacial score (nSPS) is 10.6. The van der Waals surface area contributed by atoms with E-state index in [0.717, 1.165) is 44.1 Å². The van der Waals surface area contributed by atoms with Crippen molar-refractivity contribution in [3.05, 3.63) is 18.3 Å². The van der Waals surface area contributed by atoms with Crippen LogP contribution in [0.4, 0.5) is 5.82 Å². The highest BCUT2D eigenvalue weighted by Gasteiger charge is 2.03. The van der Waals surface area contributed by atoms with Crippen molar-refractivity contribution in [2.75, 3.05) is 39.1 Å². The number of aromatic nitrogens is 1. The molecule has 0 spiro atoms. The van der Waals surface area contributed by atoms with E-state index in [-0.39, 0.29) is 0 Å². The van der Waals surface area contributed by atoms with Gasteiger partial charge in [0.15, 0.2) is 11.6 Å². The van der Waals surface area contributed by atoms with E-state index in [4.69, 9.17) is 4.74 Å². The minimum Gasteiger partial charge on any atom is -0.490 e. The van der Waals surface area contributed by atoms with Crippen LogP contribution in [0.3, 0.4) is 0 Å². The van der Waals surface area contributed by atoms with Gasteiger partial charge in [0.25, 0.3) is 0 Å². The average Bonchev–Trinajstić information content (AvgIpc) is 2.33. The Morgan fingerprint density at radius 3 is 2.94 bits per heavy atom. The molecule has 4 heteroatoms. The number of hydrogen-bond acceptors (Lipinski definition) is 4. The van der Waals surface area contributed by atoms with Gasteiger partial charge >= 0.3 is 0 Å². The first-order valence-electron chi connectivity index (χ1n) is 6.20. The molecule has 0 radical (unpaired) electrons. The van der Waals surface area contributed by atoms with E-state index < -0.39 is 0 Å². The zero-order valence-corrected chi connectivity index (χ0v) is 11.1. The maximum absolute atomic E-state index is 5.63. The summed E-state index contributed by atoms with van der Waals surface area (Å²) >= 11 is 0. The van der Waals surface area contributed by atoms with Crippen molar-refractivity contribution in [2.45, 2.75) is 19.8 Å². The lowest BCUT2D eigenvalue weighted by Crippen LogP contribution is -2.17. The van der Waals surface area contributed by atoms with Crippen molar-refractivity contribution in [3.8, 4) is 5.75 Å². The minimum atomic E-state index is 0.734. The molecule has 96 valence electrons. The van der Waals surface area contributed by atoms with Crippen molar-refractivity contribution in [3.63, 3.8) is 0 Å². The fourth-order valence-corrected chi connectivity index (χ4v) is 1.45. The molecule has 1 N–H and O–H groups in total. The summed E-state index contributed by atoms with van der Waals surface area (Å²) in [6.07, 6.45) is 3.89. The molecule has 0 amide bonds. The van der Waals surface area contributed by atoms with Crippen LogP contribution in [-0.2, 0) is 0 Å². The zero-order chi connectivity index (χ0) is 12.5. The summed E-state index contributed by atoms with van der Waals surface area (Å²) < 4.78 is 5.63. The Hall–Kier alpha value is -1.29. The second-order valence-corrected chi connectivity index (χ2v) is 4.28. The molecular formula is C13H23N3O. The van der Waals surface area contributed by atoms with E-state index in [2.05, 4.69) is 36.2 Å². The van der Waals surface area contributed by atoms with Crippen LogP contribution in [0, 0.1) is 0 Å². The van der Waals surface area contributed by atoms with Crippen molar-refractivity contribution >= 4 is 5.82 Å². The number of pyridine rings is 1. The molecule has 4 nitrogen and oxygen atoms in total. The second-order valence-electron chi connectivity index (χ2n) is 4.28. The lowest BCUT2D eigenvalue weighted by atomic mass is 10.3. The van der Waals surface area contributed by atoms with Gasteiger partial charge in [-0.1, -0.05) is 6.92 Å². The third-order valence-electron chi connectivity index (χ3n) is 2.31. The van der Waals surface area contributed by atoms with Crippen molar-refractivity contribution in [1.29, 1.82) is 0 Å². The van der Waals surface area contributed by atoms with E-state index in [1.165, 1.54) is 0 Å². The van der Waals surface area contributed by atoms with E-state index >= 15 is 0 Å². The first-order chi connectivity index (χ1) is 8.24. The van der Waals surface area contributed by atoms with Gasteiger partial charge in [-0.25, -0.2) is 4.98 Å². The molecule has 0 aliphatic rings. The van der Waals surface area contributed by atoms with E-state index in [1.54, 1.807) is 6.20 Å².